The summed E-state index contributed by atoms with van der Waals surface area (Å²) in [5.74, 6) is 0.178. The Hall–Kier alpha value is -0.370. The van der Waals surface area contributed by atoms with Crippen LogP contribution in [0.3, 0.4) is 0 Å². The zero-order chi connectivity index (χ0) is 7.28. The highest BCUT2D eigenvalue weighted by atomic mass is 16.1. The van der Waals surface area contributed by atoms with E-state index in [0.29, 0.717) is 6.42 Å². The Kier molecular flexibility index (Phi) is 4.32. The van der Waals surface area contributed by atoms with Gasteiger partial charge in [-0.2, -0.15) is 0 Å². The highest BCUT2D eigenvalue weighted by Gasteiger charge is 2.04. The molecule has 0 radical (unpaired) electrons. The third kappa shape index (κ3) is 4.15. The topological polar surface area (TPSA) is 43.1 Å². The summed E-state index contributed by atoms with van der Waals surface area (Å²) < 4.78 is 0. The van der Waals surface area contributed by atoms with E-state index in [2.05, 4.69) is 6.92 Å². The zero-order valence-corrected chi connectivity index (χ0v) is 6.18. The molecular weight excluding hydrogens is 114 g/mol. The highest BCUT2D eigenvalue weighted by molar-refractivity contribution is 5.83. The fourth-order valence-corrected chi connectivity index (χ4v) is 0.579. The SMILES string of the molecule is CCCCC(=O)[C@H](C)N. The maximum Gasteiger partial charge on any atom is 0.149 e. The van der Waals surface area contributed by atoms with Crippen LogP contribution in [0.1, 0.15) is 33.1 Å². The van der Waals surface area contributed by atoms with Crippen molar-refractivity contribution < 1.29 is 4.79 Å². The second kappa shape index (κ2) is 4.50. The third-order valence-corrected chi connectivity index (χ3v) is 1.28. The number of carbonyl (C=O) groups excluding carboxylic acids is 1. The molecule has 0 amide bonds. The van der Waals surface area contributed by atoms with Crippen molar-refractivity contribution >= 4 is 5.78 Å². The van der Waals surface area contributed by atoms with Crippen molar-refractivity contribution in [3.8, 4) is 0 Å². The first-order chi connectivity index (χ1) is 4.18. The van der Waals surface area contributed by atoms with Crippen LogP contribution in [0.15, 0.2) is 0 Å². The molecule has 0 saturated carbocycles. The molecule has 0 saturated heterocycles. The van der Waals surface area contributed by atoms with Gasteiger partial charge in [-0.1, -0.05) is 13.3 Å². The second-order valence-corrected chi connectivity index (χ2v) is 2.36. The third-order valence-electron chi connectivity index (χ3n) is 1.28. The molecular formula is C7H15NO. The van der Waals surface area contributed by atoms with Crippen LogP contribution in [-0.2, 0) is 4.79 Å². The van der Waals surface area contributed by atoms with E-state index in [-0.39, 0.29) is 11.8 Å². The summed E-state index contributed by atoms with van der Waals surface area (Å²) in [5, 5.41) is 0. The van der Waals surface area contributed by atoms with Crippen molar-refractivity contribution in [3.05, 3.63) is 0 Å². The van der Waals surface area contributed by atoms with E-state index in [0.717, 1.165) is 12.8 Å². The molecule has 0 aliphatic carbocycles. The van der Waals surface area contributed by atoms with Gasteiger partial charge in [0.2, 0.25) is 0 Å². The minimum Gasteiger partial charge on any atom is -0.322 e. The van der Waals surface area contributed by atoms with E-state index in [9.17, 15) is 4.79 Å². The van der Waals surface area contributed by atoms with E-state index < -0.39 is 0 Å². The summed E-state index contributed by atoms with van der Waals surface area (Å²) in [6.07, 6.45) is 2.69. The first-order valence-electron chi connectivity index (χ1n) is 3.46. The average Bonchev–Trinajstić information content (AvgIpc) is 1.82. The molecule has 0 spiro atoms. The number of unbranched alkanes of at least 4 members (excludes halogenated alkanes) is 1. The van der Waals surface area contributed by atoms with Gasteiger partial charge in [-0.05, 0) is 13.3 Å². The van der Waals surface area contributed by atoms with Crippen molar-refractivity contribution in [2.24, 2.45) is 5.73 Å². The largest absolute Gasteiger partial charge is 0.322 e. The van der Waals surface area contributed by atoms with Crippen LogP contribution < -0.4 is 5.73 Å². The van der Waals surface area contributed by atoms with E-state index >= 15 is 0 Å². The van der Waals surface area contributed by atoms with Crippen LogP contribution in [-0.4, -0.2) is 11.8 Å². The predicted molar refractivity (Wildman–Crippen MR) is 38.2 cm³/mol. The standard InChI is InChI=1S/C7H15NO/c1-3-4-5-7(9)6(2)8/h6H,3-5,8H2,1-2H3/t6-/m0/s1. The molecule has 0 fully saturated rings. The Morgan fingerprint density at radius 2 is 2.22 bits per heavy atom. The lowest BCUT2D eigenvalue weighted by atomic mass is 10.1. The van der Waals surface area contributed by atoms with Crippen LogP contribution >= 0.6 is 0 Å². The summed E-state index contributed by atoms with van der Waals surface area (Å²) in [6, 6.07) is -0.267. The van der Waals surface area contributed by atoms with E-state index in [1.807, 2.05) is 0 Å². The zero-order valence-electron chi connectivity index (χ0n) is 6.18. The van der Waals surface area contributed by atoms with Crippen molar-refractivity contribution in [1.82, 2.24) is 0 Å². The lowest BCUT2D eigenvalue weighted by Crippen LogP contribution is -2.26. The van der Waals surface area contributed by atoms with E-state index in [1.165, 1.54) is 0 Å². The molecule has 1 atom stereocenters. The minimum absolute atomic E-state index is 0.178. The molecule has 0 aromatic heterocycles. The highest BCUT2D eigenvalue weighted by Crippen LogP contribution is 1.96. The number of nitrogens with two attached hydrogens (primary N) is 1. The quantitative estimate of drug-likeness (QED) is 0.617. The van der Waals surface area contributed by atoms with Gasteiger partial charge in [-0.15, -0.1) is 0 Å². The van der Waals surface area contributed by atoms with Gasteiger partial charge in [0.15, 0.2) is 0 Å². The molecule has 2 heteroatoms. The molecule has 0 rings (SSSR count). The Morgan fingerprint density at radius 3 is 2.56 bits per heavy atom. The second-order valence-electron chi connectivity index (χ2n) is 2.36. The number of Topliss-reactive ketones (excluding diaryl/α,β-unsaturated/α-hetero) is 1. The number of carbonyl (C=O) groups is 1. The van der Waals surface area contributed by atoms with Gasteiger partial charge in [0.1, 0.15) is 5.78 Å². The van der Waals surface area contributed by atoms with Crippen LogP contribution in [0.5, 0.6) is 0 Å². The number of rotatable bonds is 4. The Morgan fingerprint density at radius 1 is 1.67 bits per heavy atom. The van der Waals surface area contributed by atoms with E-state index in [4.69, 9.17) is 5.73 Å². The fourth-order valence-electron chi connectivity index (χ4n) is 0.579. The van der Waals surface area contributed by atoms with Crippen molar-refractivity contribution in [3.63, 3.8) is 0 Å². The number of ketones is 1. The molecule has 0 aliphatic heterocycles. The van der Waals surface area contributed by atoms with Crippen LogP contribution in [0.4, 0.5) is 0 Å². The molecule has 2 nitrogen and oxygen atoms in total. The molecule has 2 N–H and O–H groups in total. The van der Waals surface area contributed by atoms with Crippen LogP contribution in [0.25, 0.3) is 0 Å². The Labute approximate surface area is 56.4 Å². The molecule has 9 heavy (non-hydrogen) atoms. The van der Waals surface area contributed by atoms with Crippen molar-refractivity contribution in [1.29, 1.82) is 0 Å². The van der Waals surface area contributed by atoms with Crippen LogP contribution in [0.2, 0.25) is 0 Å². The van der Waals surface area contributed by atoms with Gasteiger partial charge in [0.25, 0.3) is 0 Å². The smallest absolute Gasteiger partial charge is 0.149 e. The first kappa shape index (κ1) is 8.63. The molecule has 54 valence electrons. The molecule has 0 aromatic rings. The van der Waals surface area contributed by atoms with Gasteiger partial charge >= 0.3 is 0 Å². The van der Waals surface area contributed by atoms with Crippen molar-refractivity contribution in [2.45, 2.75) is 39.2 Å². The molecule has 0 aromatic carbocycles. The lowest BCUT2D eigenvalue weighted by molar-refractivity contribution is -0.120. The monoisotopic (exact) mass is 129 g/mol. The molecule has 0 bridgehead atoms. The maximum atomic E-state index is 10.8. The lowest BCUT2D eigenvalue weighted by Gasteiger charge is -2.00. The van der Waals surface area contributed by atoms with Crippen molar-refractivity contribution in [2.75, 3.05) is 0 Å². The van der Waals surface area contributed by atoms with Gasteiger partial charge in [0, 0.05) is 6.42 Å². The fraction of sp³-hybridized carbons (Fsp3) is 0.857. The number of hydrogen-bond acceptors (Lipinski definition) is 2. The summed E-state index contributed by atoms with van der Waals surface area (Å²) in [5.41, 5.74) is 5.33. The normalized spacial score (nSPS) is 13.2. The maximum absolute atomic E-state index is 10.8. The number of hydrogen-bond donors (Lipinski definition) is 1. The van der Waals surface area contributed by atoms with Gasteiger partial charge in [-0.25, -0.2) is 0 Å². The molecule has 0 aliphatic rings. The summed E-state index contributed by atoms with van der Waals surface area (Å²) in [7, 11) is 0. The van der Waals surface area contributed by atoms with E-state index in [1.54, 1.807) is 6.92 Å². The summed E-state index contributed by atoms with van der Waals surface area (Å²) >= 11 is 0. The summed E-state index contributed by atoms with van der Waals surface area (Å²) in [4.78, 5) is 10.8. The van der Waals surface area contributed by atoms with Crippen LogP contribution in [0, 0.1) is 0 Å². The Bertz CT molecular complexity index is 88.9. The van der Waals surface area contributed by atoms with Gasteiger partial charge < -0.3 is 5.73 Å². The van der Waals surface area contributed by atoms with Gasteiger partial charge in [0.05, 0.1) is 6.04 Å². The molecule has 0 heterocycles. The average molecular weight is 129 g/mol. The molecule has 0 unspecified atom stereocenters. The summed E-state index contributed by atoms with van der Waals surface area (Å²) in [6.45, 7) is 3.80. The van der Waals surface area contributed by atoms with Gasteiger partial charge in [-0.3, -0.25) is 4.79 Å². The minimum atomic E-state index is -0.267. The first-order valence-corrected chi connectivity index (χ1v) is 3.46. The Balaban J connectivity index is 3.28. The predicted octanol–water partition coefficient (Wildman–Crippen LogP) is 1.09.